The lowest BCUT2D eigenvalue weighted by Crippen LogP contribution is -2.01. The van der Waals surface area contributed by atoms with E-state index in [2.05, 4.69) is 4.98 Å². The number of hydrogen-bond donors (Lipinski definition) is 2. The van der Waals surface area contributed by atoms with Gasteiger partial charge in [-0.15, -0.1) is 0 Å². The number of hydrogen-bond acceptors (Lipinski definition) is 6. The molecule has 0 atom stereocenters. The lowest BCUT2D eigenvalue weighted by Gasteiger charge is -2.08. The Balaban J connectivity index is 2.28. The summed E-state index contributed by atoms with van der Waals surface area (Å²) >= 11 is 0. The normalized spacial score (nSPS) is 10.1. The number of aromatic carboxylic acids is 1. The summed E-state index contributed by atoms with van der Waals surface area (Å²) in [6, 6.07) is 6.83. The van der Waals surface area contributed by atoms with Crippen LogP contribution in [-0.4, -0.2) is 21.0 Å². The van der Waals surface area contributed by atoms with Gasteiger partial charge >= 0.3 is 11.7 Å². The van der Waals surface area contributed by atoms with Gasteiger partial charge < -0.3 is 15.6 Å². The molecular weight excluding hydrogens is 278 g/mol. The van der Waals surface area contributed by atoms with E-state index < -0.39 is 10.9 Å². The molecule has 0 aliphatic rings. The van der Waals surface area contributed by atoms with Crippen molar-refractivity contribution < 1.29 is 19.6 Å². The van der Waals surface area contributed by atoms with Gasteiger partial charge in [-0.25, -0.2) is 4.79 Å². The molecule has 3 N–H and O–H groups in total. The molecule has 0 radical (unpaired) electrons. The van der Waals surface area contributed by atoms with E-state index in [9.17, 15) is 14.9 Å². The molecule has 108 valence electrons. The number of rotatable bonds is 4. The van der Waals surface area contributed by atoms with E-state index in [1.807, 2.05) is 0 Å². The van der Waals surface area contributed by atoms with Gasteiger partial charge in [0.25, 0.3) is 0 Å². The van der Waals surface area contributed by atoms with Gasteiger partial charge in [0, 0.05) is 12.1 Å². The smallest absolute Gasteiger partial charge is 0.335 e. The van der Waals surface area contributed by atoms with E-state index in [-0.39, 0.29) is 22.9 Å². The molecule has 0 fully saturated rings. The number of nitrogen functional groups attached to an aromatic ring is 1. The summed E-state index contributed by atoms with van der Waals surface area (Å²) in [5.41, 5.74) is 5.89. The van der Waals surface area contributed by atoms with E-state index >= 15 is 0 Å². The summed E-state index contributed by atoms with van der Waals surface area (Å²) in [5.74, 6) is -0.815. The zero-order valence-electron chi connectivity index (χ0n) is 10.9. The van der Waals surface area contributed by atoms with Gasteiger partial charge in [-0.05, 0) is 30.7 Å². The molecule has 2 rings (SSSR count). The van der Waals surface area contributed by atoms with Crippen LogP contribution in [0, 0.1) is 17.0 Å². The van der Waals surface area contributed by atoms with E-state index in [1.165, 1.54) is 30.3 Å². The van der Waals surface area contributed by atoms with Crippen LogP contribution in [0.5, 0.6) is 11.6 Å². The highest BCUT2D eigenvalue weighted by molar-refractivity contribution is 5.88. The van der Waals surface area contributed by atoms with Gasteiger partial charge in [-0.1, -0.05) is 0 Å². The summed E-state index contributed by atoms with van der Waals surface area (Å²) in [4.78, 5) is 24.6. The number of carboxylic acids is 1. The van der Waals surface area contributed by atoms with Gasteiger partial charge in [-0.2, -0.15) is 4.98 Å². The van der Waals surface area contributed by atoms with E-state index in [4.69, 9.17) is 15.6 Å². The highest BCUT2D eigenvalue weighted by atomic mass is 16.6. The Labute approximate surface area is 119 Å². The van der Waals surface area contributed by atoms with Gasteiger partial charge in [0.1, 0.15) is 5.75 Å². The predicted octanol–water partition coefficient (Wildman–Crippen LogP) is 2.37. The van der Waals surface area contributed by atoms with E-state index in [0.717, 1.165) is 0 Å². The molecule has 1 aromatic heterocycles. The topological polar surface area (TPSA) is 129 Å². The summed E-state index contributed by atoms with van der Waals surface area (Å²) in [5, 5.41) is 19.5. The van der Waals surface area contributed by atoms with Gasteiger partial charge in [0.05, 0.1) is 10.5 Å². The van der Waals surface area contributed by atoms with Crippen molar-refractivity contribution in [1.82, 2.24) is 4.98 Å². The Bertz CT molecular complexity index is 730. The average Bonchev–Trinajstić information content (AvgIpc) is 2.40. The number of ether oxygens (including phenoxy) is 1. The zero-order chi connectivity index (χ0) is 15.6. The molecule has 0 saturated heterocycles. The van der Waals surface area contributed by atoms with Crippen LogP contribution in [0.15, 0.2) is 30.3 Å². The lowest BCUT2D eigenvalue weighted by atomic mass is 10.1. The third-order valence-electron chi connectivity index (χ3n) is 2.71. The summed E-state index contributed by atoms with van der Waals surface area (Å²) in [7, 11) is 0. The minimum atomic E-state index is -1.04. The first-order chi connectivity index (χ1) is 9.88. The number of aryl methyl sites for hydroxylation is 1. The molecule has 0 aliphatic heterocycles. The molecule has 0 spiro atoms. The minimum absolute atomic E-state index is 0.0873. The predicted molar refractivity (Wildman–Crippen MR) is 73.5 cm³/mol. The molecule has 0 saturated carbocycles. The first kappa shape index (κ1) is 14.3. The van der Waals surface area contributed by atoms with Crippen molar-refractivity contribution in [2.75, 3.05) is 5.73 Å². The van der Waals surface area contributed by atoms with Gasteiger partial charge in [0.2, 0.25) is 11.7 Å². The molecule has 8 heteroatoms. The molecule has 21 heavy (non-hydrogen) atoms. The number of benzene rings is 1. The fourth-order valence-corrected chi connectivity index (χ4v) is 1.67. The van der Waals surface area contributed by atoms with Gasteiger partial charge in [-0.3, -0.25) is 10.1 Å². The maximum atomic E-state index is 10.8. The Morgan fingerprint density at radius 2 is 2.10 bits per heavy atom. The first-order valence-corrected chi connectivity index (χ1v) is 5.81. The summed E-state index contributed by atoms with van der Waals surface area (Å²) < 4.78 is 5.45. The lowest BCUT2D eigenvalue weighted by molar-refractivity contribution is -0.384. The molecule has 1 heterocycles. The molecule has 0 bridgehead atoms. The Morgan fingerprint density at radius 3 is 2.62 bits per heavy atom. The first-order valence-electron chi connectivity index (χ1n) is 5.81. The minimum Gasteiger partial charge on any atom is -0.478 e. The van der Waals surface area contributed by atoms with Crippen molar-refractivity contribution in [2.45, 2.75) is 6.92 Å². The van der Waals surface area contributed by atoms with Gasteiger partial charge in [0.15, 0.2) is 0 Å². The molecular formula is C13H11N3O5. The molecule has 0 amide bonds. The zero-order valence-corrected chi connectivity index (χ0v) is 10.9. The number of aromatic nitrogens is 1. The third-order valence-corrected chi connectivity index (χ3v) is 2.71. The molecule has 0 unspecified atom stereocenters. The number of nitro groups is 1. The maximum absolute atomic E-state index is 10.8. The monoisotopic (exact) mass is 289 g/mol. The Morgan fingerprint density at radius 1 is 1.38 bits per heavy atom. The van der Waals surface area contributed by atoms with Crippen LogP contribution < -0.4 is 10.5 Å². The fraction of sp³-hybridized carbons (Fsp3) is 0.0769. The van der Waals surface area contributed by atoms with Crippen molar-refractivity contribution in [2.24, 2.45) is 0 Å². The fourth-order valence-electron chi connectivity index (χ4n) is 1.67. The number of carboxylic acid groups (broad SMARTS) is 1. The van der Waals surface area contributed by atoms with Crippen molar-refractivity contribution >= 4 is 17.5 Å². The SMILES string of the molecule is Cc1cc(C(=O)O)ccc1Oc1ccc([N+](=O)[O-])c(N)n1. The van der Waals surface area contributed by atoms with Crippen LogP contribution in [0.1, 0.15) is 15.9 Å². The van der Waals surface area contributed by atoms with Crippen LogP contribution in [0.2, 0.25) is 0 Å². The second kappa shape index (κ2) is 5.45. The largest absolute Gasteiger partial charge is 0.478 e. The van der Waals surface area contributed by atoms with Crippen LogP contribution in [0.25, 0.3) is 0 Å². The van der Waals surface area contributed by atoms with Crippen LogP contribution in [0.4, 0.5) is 11.5 Å². The number of nitrogens with zero attached hydrogens (tertiary/aromatic N) is 2. The van der Waals surface area contributed by atoms with Crippen molar-refractivity contribution in [3.05, 3.63) is 51.6 Å². The average molecular weight is 289 g/mol. The quantitative estimate of drug-likeness (QED) is 0.652. The highest BCUT2D eigenvalue weighted by Gasteiger charge is 2.14. The third kappa shape index (κ3) is 3.06. The Kier molecular flexibility index (Phi) is 3.70. The number of pyridine rings is 1. The molecule has 0 aliphatic carbocycles. The van der Waals surface area contributed by atoms with Crippen molar-refractivity contribution in [1.29, 1.82) is 0 Å². The maximum Gasteiger partial charge on any atom is 0.335 e. The number of anilines is 1. The van der Waals surface area contributed by atoms with Crippen LogP contribution in [0.3, 0.4) is 0 Å². The van der Waals surface area contributed by atoms with Crippen molar-refractivity contribution in [3.8, 4) is 11.6 Å². The molecule has 2 aromatic rings. The van der Waals surface area contributed by atoms with E-state index in [1.54, 1.807) is 6.92 Å². The number of carbonyl (C=O) groups is 1. The summed E-state index contributed by atoms with van der Waals surface area (Å²) in [6.07, 6.45) is 0. The van der Waals surface area contributed by atoms with Crippen LogP contribution >= 0.6 is 0 Å². The molecule has 1 aromatic carbocycles. The molecule has 8 nitrogen and oxygen atoms in total. The standard InChI is InChI=1S/C13H11N3O5/c1-7-6-8(13(17)18)2-4-10(7)21-11-5-3-9(16(19)20)12(14)15-11/h2-6H,1H3,(H2,14,15)(H,17,18). The van der Waals surface area contributed by atoms with Crippen molar-refractivity contribution in [3.63, 3.8) is 0 Å². The number of nitrogens with two attached hydrogens (primary N) is 1. The second-order valence-electron chi connectivity index (χ2n) is 4.20. The van der Waals surface area contributed by atoms with Crippen LogP contribution in [-0.2, 0) is 0 Å². The second-order valence-corrected chi connectivity index (χ2v) is 4.20. The summed E-state index contributed by atoms with van der Waals surface area (Å²) in [6.45, 7) is 1.68. The highest BCUT2D eigenvalue weighted by Crippen LogP contribution is 2.28. The Hall–Kier alpha value is -3.16. The van der Waals surface area contributed by atoms with E-state index in [0.29, 0.717) is 11.3 Å².